The van der Waals surface area contributed by atoms with Gasteiger partial charge in [-0.3, -0.25) is 0 Å². The lowest BCUT2D eigenvalue weighted by Crippen LogP contribution is -2.22. The Bertz CT molecular complexity index is 376. The Kier molecular flexibility index (Phi) is 3.02. The summed E-state index contributed by atoms with van der Waals surface area (Å²) in [5.74, 6) is 0.440. The average Bonchev–Trinajstić information content (AvgIpc) is 2.30. The Hall–Kier alpha value is -1.34. The highest BCUT2D eigenvalue weighted by Gasteiger charge is 2.22. The van der Waals surface area contributed by atoms with E-state index in [1.54, 1.807) is 7.11 Å². The number of hydrogen-bond donors (Lipinski definition) is 0. The fourth-order valence-electron chi connectivity index (χ4n) is 2.05. The monoisotopic (exact) mass is 200 g/mol. The average molecular weight is 200 g/mol. The molecule has 0 heterocycles. The molecule has 1 aliphatic carbocycles. The van der Waals surface area contributed by atoms with Crippen LogP contribution in [0.4, 0.5) is 0 Å². The molecule has 2 rings (SSSR count). The highest BCUT2D eigenvalue weighted by atomic mass is 16.5. The first-order valence-electron chi connectivity index (χ1n) is 5.29. The van der Waals surface area contributed by atoms with Crippen molar-refractivity contribution < 1.29 is 4.74 Å². The van der Waals surface area contributed by atoms with E-state index < -0.39 is 0 Å². The van der Waals surface area contributed by atoms with Crippen LogP contribution in [0.2, 0.25) is 0 Å². The lowest BCUT2D eigenvalue weighted by molar-refractivity contribution is 0.120. The first-order valence-corrected chi connectivity index (χ1v) is 5.29. The third-order valence-electron chi connectivity index (χ3n) is 2.84. The van der Waals surface area contributed by atoms with Crippen molar-refractivity contribution in [2.24, 2.45) is 5.92 Å². The van der Waals surface area contributed by atoms with E-state index in [1.165, 1.54) is 11.1 Å². The van der Waals surface area contributed by atoms with E-state index in [9.17, 15) is 0 Å². The standard InChI is InChI=1S/C14H16O/c1-11-7-6-10-13(14(11)15-2)12-8-4-3-5-9-12/h3-11,14H,1-2H3. The number of benzene rings is 1. The van der Waals surface area contributed by atoms with Gasteiger partial charge in [0.15, 0.2) is 0 Å². The van der Waals surface area contributed by atoms with Crippen molar-refractivity contribution in [3.63, 3.8) is 0 Å². The minimum atomic E-state index is 0.178. The van der Waals surface area contributed by atoms with Crippen molar-refractivity contribution in [3.8, 4) is 0 Å². The predicted octanol–water partition coefficient (Wildman–Crippen LogP) is 3.29. The van der Waals surface area contributed by atoms with Crippen molar-refractivity contribution >= 4 is 5.57 Å². The van der Waals surface area contributed by atoms with Crippen LogP contribution in [-0.4, -0.2) is 13.2 Å². The Morgan fingerprint density at radius 1 is 1.13 bits per heavy atom. The molecule has 0 saturated carbocycles. The van der Waals surface area contributed by atoms with Crippen LogP contribution in [0.15, 0.2) is 48.6 Å². The zero-order valence-corrected chi connectivity index (χ0v) is 9.18. The van der Waals surface area contributed by atoms with E-state index in [2.05, 4.69) is 49.4 Å². The molecule has 0 aliphatic heterocycles. The minimum absolute atomic E-state index is 0.178. The van der Waals surface area contributed by atoms with Gasteiger partial charge in [0.1, 0.15) is 0 Å². The van der Waals surface area contributed by atoms with Crippen molar-refractivity contribution in [2.75, 3.05) is 7.11 Å². The van der Waals surface area contributed by atoms with Crippen LogP contribution in [0.25, 0.3) is 5.57 Å². The normalized spacial score (nSPS) is 25.1. The third kappa shape index (κ3) is 2.02. The molecule has 1 heteroatoms. The fourth-order valence-corrected chi connectivity index (χ4v) is 2.05. The molecule has 1 nitrogen and oxygen atoms in total. The summed E-state index contributed by atoms with van der Waals surface area (Å²) in [6, 6.07) is 10.4. The number of rotatable bonds is 2. The van der Waals surface area contributed by atoms with Crippen molar-refractivity contribution in [2.45, 2.75) is 13.0 Å². The Morgan fingerprint density at radius 2 is 1.87 bits per heavy atom. The smallest absolute Gasteiger partial charge is 0.0886 e. The van der Waals surface area contributed by atoms with Gasteiger partial charge in [-0.15, -0.1) is 0 Å². The Balaban J connectivity index is 2.35. The summed E-state index contributed by atoms with van der Waals surface area (Å²) >= 11 is 0. The maximum atomic E-state index is 5.55. The molecule has 1 aliphatic rings. The molecule has 1 aromatic carbocycles. The molecule has 0 fully saturated rings. The van der Waals surface area contributed by atoms with E-state index >= 15 is 0 Å². The highest BCUT2D eigenvalue weighted by molar-refractivity contribution is 5.71. The van der Waals surface area contributed by atoms with Gasteiger partial charge in [0.05, 0.1) is 6.10 Å². The summed E-state index contributed by atoms with van der Waals surface area (Å²) in [6.45, 7) is 2.18. The van der Waals surface area contributed by atoms with Crippen LogP contribution >= 0.6 is 0 Å². The van der Waals surface area contributed by atoms with Crippen LogP contribution in [0.3, 0.4) is 0 Å². The van der Waals surface area contributed by atoms with Crippen molar-refractivity contribution in [1.82, 2.24) is 0 Å². The summed E-state index contributed by atoms with van der Waals surface area (Å²) in [5, 5.41) is 0. The third-order valence-corrected chi connectivity index (χ3v) is 2.84. The first kappa shape index (κ1) is 10.2. The molecule has 0 amide bonds. The van der Waals surface area contributed by atoms with Crippen molar-refractivity contribution in [1.29, 1.82) is 0 Å². The fraction of sp³-hybridized carbons (Fsp3) is 0.286. The van der Waals surface area contributed by atoms with Gasteiger partial charge >= 0.3 is 0 Å². The van der Waals surface area contributed by atoms with Gasteiger partial charge in [0.25, 0.3) is 0 Å². The maximum Gasteiger partial charge on any atom is 0.0886 e. The van der Waals surface area contributed by atoms with Crippen LogP contribution in [0.1, 0.15) is 12.5 Å². The largest absolute Gasteiger partial charge is 0.376 e. The second-order valence-electron chi connectivity index (χ2n) is 3.89. The SMILES string of the molecule is COC1C(c2ccccc2)=CC=CC1C. The second kappa shape index (κ2) is 4.45. The molecule has 0 N–H and O–H groups in total. The number of methoxy groups -OCH3 is 1. The van der Waals surface area contributed by atoms with Crippen LogP contribution in [0, 0.1) is 5.92 Å². The van der Waals surface area contributed by atoms with Crippen LogP contribution in [0.5, 0.6) is 0 Å². The van der Waals surface area contributed by atoms with Crippen LogP contribution < -0.4 is 0 Å². The van der Waals surface area contributed by atoms with E-state index in [4.69, 9.17) is 4.74 Å². The summed E-state index contributed by atoms with van der Waals surface area (Å²) in [6.07, 6.45) is 6.62. The summed E-state index contributed by atoms with van der Waals surface area (Å²) < 4.78 is 5.55. The van der Waals surface area contributed by atoms with Gasteiger partial charge in [-0.1, -0.05) is 55.5 Å². The zero-order chi connectivity index (χ0) is 10.7. The quantitative estimate of drug-likeness (QED) is 0.711. The molecule has 0 aromatic heterocycles. The van der Waals surface area contributed by atoms with Gasteiger partial charge < -0.3 is 4.74 Å². The van der Waals surface area contributed by atoms with Gasteiger partial charge in [-0.2, -0.15) is 0 Å². The molecular formula is C14H16O. The molecule has 0 bridgehead atoms. The molecule has 0 radical (unpaired) electrons. The lowest BCUT2D eigenvalue weighted by atomic mass is 9.88. The zero-order valence-electron chi connectivity index (χ0n) is 9.18. The molecular weight excluding hydrogens is 184 g/mol. The molecule has 78 valence electrons. The Morgan fingerprint density at radius 3 is 2.53 bits per heavy atom. The van der Waals surface area contributed by atoms with E-state index in [1.807, 2.05) is 6.07 Å². The topological polar surface area (TPSA) is 9.23 Å². The van der Waals surface area contributed by atoms with E-state index in [0.717, 1.165) is 0 Å². The summed E-state index contributed by atoms with van der Waals surface area (Å²) in [7, 11) is 1.77. The van der Waals surface area contributed by atoms with Gasteiger partial charge in [-0.05, 0) is 11.1 Å². The highest BCUT2D eigenvalue weighted by Crippen LogP contribution is 2.29. The molecule has 2 unspecified atom stereocenters. The number of hydrogen-bond acceptors (Lipinski definition) is 1. The van der Waals surface area contributed by atoms with E-state index in [-0.39, 0.29) is 6.10 Å². The number of ether oxygens (including phenoxy) is 1. The molecule has 0 saturated heterocycles. The minimum Gasteiger partial charge on any atom is -0.376 e. The first-order chi connectivity index (χ1) is 7.33. The molecule has 0 spiro atoms. The predicted molar refractivity (Wildman–Crippen MR) is 63.5 cm³/mol. The van der Waals surface area contributed by atoms with Gasteiger partial charge in [0, 0.05) is 13.0 Å². The molecule has 1 aromatic rings. The maximum absolute atomic E-state index is 5.55. The lowest BCUT2D eigenvalue weighted by Gasteiger charge is -2.26. The number of allylic oxidation sites excluding steroid dienone is 2. The van der Waals surface area contributed by atoms with E-state index in [0.29, 0.717) is 5.92 Å². The van der Waals surface area contributed by atoms with Crippen LogP contribution in [-0.2, 0) is 4.74 Å². The second-order valence-corrected chi connectivity index (χ2v) is 3.89. The molecule has 15 heavy (non-hydrogen) atoms. The van der Waals surface area contributed by atoms with Gasteiger partial charge in [-0.25, -0.2) is 0 Å². The summed E-state index contributed by atoms with van der Waals surface area (Å²) in [5.41, 5.74) is 2.52. The van der Waals surface area contributed by atoms with Gasteiger partial charge in [0.2, 0.25) is 0 Å². The Labute approximate surface area is 91.1 Å². The molecule has 2 atom stereocenters. The van der Waals surface area contributed by atoms with Crippen molar-refractivity contribution in [3.05, 3.63) is 54.1 Å². The summed E-state index contributed by atoms with van der Waals surface area (Å²) in [4.78, 5) is 0.